The van der Waals surface area contributed by atoms with E-state index in [1.807, 2.05) is 0 Å². The number of carbonyl (C=O) groups excluding carboxylic acids is 2. The van der Waals surface area contributed by atoms with Gasteiger partial charge in [0, 0.05) is 29.9 Å². The zero-order valence-corrected chi connectivity index (χ0v) is 15.0. The molecule has 0 aromatic heterocycles. The van der Waals surface area contributed by atoms with Crippen LogP contribution in [-0.2, 0) is 4.79 Å². The molecule has 2 amide bonds. The molecular formula is C20H23FN4O2. The second-order valence-corrected chi connectivity index (χ2v) is 6.61. The van der Waals surface area contributed by atoms with E-state index in [0.717, 1.165) is 13.1 Å². The van der Waals surface area contributed by atoms with E-state index in [-0.39, 0.29) is 28.0 Å². The molecule has 0 saturated carbocycles. The fraction of sp³-hybridized carbons (Fsp3) is 0.300. The van der Waals surface area contributed by atoms with Gasteiger partial charge in [-0.05, 0) is 56.3 Å². The minimum Gasteiger partial charge on any atom is -0.399 e. The normalized spacial score (nSPS) is 14.1. The Morgan fingerprint density at radius 1 is 1.11 bits per heavy atom. The number of nitrogens with one attached hydrogen (secondary N) is 1. The third-order valence-corrected chi connectivity index (χ3v) is 4.50. The fourth-order valence-corrected chi connectivity index (χ4v) is 3.13. The molecule has 7 heteroatoms. The Bertz CT molecular complexity index is 807. The molecule has 142 valence electrons. The molecule has 0 radical (unpaired) electrons. The number of nitrogens with two attached hydrogens (primary N) is 1. The molecule has 0 atom stereocenters. The molecule has 2 aromatic rings. The number of rotatable bonds is 6. The predicted octanol–water partition coefficient (Wildman–Crippen LogP) is 3.22. The highest BCUT2D eigenvalue weighted by Gasteiger charge is 2.19. The van der Waals surface area contributed by atoms with Crippen molar-refractivity contribution in [3.05, 3.63) is 54.1 Å². The van der Waals surface area contributed by atoms with E-state index in [9.17, 15) is 14.1 Å². The van der Waals surface area contributed by atoms with Gasteiger partial charge in [0.15, 0.2) is 0 Å². The Hall–Kier alpha value is -2.93. The first-order chi connectivity index (χ1) is 13.0. The Morgan fingerprint density at radius 3 is 2.52 bits per heavy atom. The second-order valence-electron chi connectivity index (χ2n) is 6.61. The van der Waals surface area contributed by atoms with E-state index in [1.54, 1.807) is 24.3 Å². The predicted molar refractivity (Wildman–Crippen MR) is 104 cm³/mol. The van der Waals surface area contributed by atoms with Crippen molar-refractivity contribution in [3.63, 3.8) is 0 Å². The van der Waals surface area contributed by atoms with Gasteiger partial charge < -0.3 is 16.0 Å². The first-order valence-electron chi connectivity index (χ1n) is 9.01. The van der Waals surface area contributed by atoms with Gasteiger partial charge in [0.25, 0.3) is 5.91 Å². The highest BCUT2D eigenvalue weighted by molar-refractivity contribution is 6.06. The van der Waals surface area contributed by atoms with Gasteiger partial charge in [-0.25, -0.2) is 0 Å². The number of carbonyl (C=O) groups is 2. The molecule has 0 unspecified atom stereocenters. The number of anilines is 3. The lowest BCUT2D eigenvalue weighted by Gasteiger charge is -2.15. The van der Waals surface area contributed by atoms with Crippen LogP contribution in [0.3, 0.4) is 0 Å². The molecule has 1 aliphatic heterocycles. The maximum Gasteiger partial charge on any atom is 0.286 e. The van der Waals surface area contributed by atoms with E-state index in [0.29, 0.717) is 18.7 Å². The first kappa shape index (κ1) is 18.8. The zero-order valence-electron chi connectivity index (χ0n) is 15.0. The lowest BCUT2D eigenvalue weighted by molar-refractivity contribution is -0.116. The van der Waals surface area contributed by atoms with Gasteiger partial charge in [0.05, 0.1) is 5.69 Å². The Labute approximate surface area is 157 Å². The second kappa shape index (κ2) is 8.64. The lowest BCUT2D eigenvalue weighted by atomic mass is 10.1. The van der Waals surface area contributed by atoms with Crippen LogP contribution in [0.25, 0.3) is 0 Å². The third kappa shape index (κ3) is 5.04. The third-order valence-electron chi connectivity index (χ3n) is 4.50. The molecule has 27 heavy (non-hydrogen) atoms. The zero-order chi connectivity index (χ0) is 19.2. The van der Waals surface area contributed by atoms with Crippen LogP contribution in [0, 0.1) is 0 Å². The number of nitrogens with zero attached hydrogens (tertiary/aromatic N) is 2. The highest BCUT2D eigenvalue weighted by atomic mass is 19.2. The summed E-state index contributed by atoms with van der Waals surface area (Å²) in [6.45, 7) is 2.75. The van der Waals surface area contributed by atoms with Crippen LogP contribution in [0.2, 0.25) is 0 Å². The Kier molecular flexibility index (Phi) is 6.03. The Balaban J connectivity index is 1.66. The van der Waals surface area contributed by atoms with Crippen LogP contribution < -0.4 is 16.2 Å². The number of para-hydroxylation sites is 1. The summed E-state index contributed by atoms with van der Waals surface area (Å²) >= 11 is 0. The maximum atomic E-state index is 14.4. The summed E-state index contributed by atoms with van der Waals surface area (Å²) in [7, 11) is 0. The van der Waals surface area contributed by atoms with Gasteiger partial charge in [-0.2, -0.15) is 0 Å². The highest BCUT2D eigenvalue weighted by Crippen LogP contribution is 2.22. The van der Waals surface area contributed by atoms with Gasteiger partial charge in [-0.1, -0.05) is 22.7 Å². The topological polar surface area (TPSA) is 78.7 Å². The molecule has 0 spiro atoms. The van der Waals surface area contributed by atoms with E-state index in [2.05, 4.69) is 10.2 Å². The van der Waals surface area contributed by atoms with Gasteiger partial charge in [0.2, 0.25) is 5.91 Å². The summed E-state index contributed by atoms with van der Waals surface area (Å²) in [5.74, 6) is -1.01. The van der Waals surface area contributed by atoms with Crippen molar-refractivity contribution in [3.8, 4) is 0 Å². The van der Waals surface area contributed by atoms with Crippen molar-refractivity contribution >= 4 is 28.9 Å². The molecule has 3 rings (SSSR count). The number of hydrogen-bond donors (Lipinski definition) is 2. The van der Waals surface area contributed by atoms with Crippen molar-refractivity contribution < 1.29 is 14.1 Å². The fourth-order valence-electron chi connectivity index (χ4n) is 3.13. The summed E-state index contributed by atoms with van der Waals surface area (Å²) < 4.78 is 14.4. The van der Waals surface area contributed by atoms with E-state index < -0.39 is 5.91 Å². The number of nitrogen functional groups attached to an aromatic ring is 1. The monoisotopic (exact) mass is 370 g/mol. The van der Waals surface area contributed by atoms with E-state index in [4.69, 9.17) is 5.73 Å². The number of amides is 2. The van der Waals surface area contributed by atoms with Crippen LogP contribution in [0.1, 0.15) is 29.6 Å². The average Bonchev–Trinajstić information content (AvgIpc) is 3.19. The molecule has 1 heterocycles. The SMILES string of the molecule is Nc1cc(NC(=O)CCN2CCCC2)cc(C(=O)N(F)c2ccccc2)c1. The van der Waals surface area contributed by atoms with Crippen LogP contribution in [0.4, 0.5) is 21.5 Å². The Morgan fingerprint density at radius 2 is 1.81 bits per heavy atom. The minimum atomic E-state index is -0.846. The van der Waals surface area contributed by atoms with Gasteiger partial charge in [0.1, 0.15) is 0 Å². The van der Waals surface area contributed by atoms with Crippen LogP contribution in [-0.4, -0.2) is 36.3 Å². The smallest absolute Gasteiger partial charge is 0.286 e. The number of halogens is 1. The lowest BCUT2D eigenvalue weighted by Crippen LogP contribution is -2.25. The van der Waals surface area contributed by atoms with Crippen molar-refractivity contribution in [2.45, 2.75) is 19.3 Å². The summed E-state index contributed by atoms with van der Waals surface area (Å²) in [5, 5.41) is 2.81. The molecule has 1 saturated heterocycles. The largest absolute Gasteiger partial charge is 0.399 e. The molecule has 0 bridgehead atoms. The van der Waals surface area contributed by atoms with Gasteiger partial charge in [-0.15, -0.1) is 5.12 Å². The molecule has 3 N–H and O–H groups in total. The van der Waals surface area contributed by atoms with Crippen molar-refractivity contribution in [2.24, 2.45) is 0 Å². The standard InChI is InChI=1S/C20H23FN4O2/c21-25(18-6-2-1-3-7-18)20(27)15-12-16(22)14-17(13-15)23-19(26)8-11-24-9-4-5-10-24/h1-3,6-7,12-14H,4-5,8-11,22H2,(H,23,26). The summed E-state index contributed by atoms with van der Waals surface area (Å²) in [6, 6.07) is 12.4. The summed E-state index contributed by atoms with van der Waals surface area (Å²) in [6.07, 6.45) is 2.70. The van der Waals surface area contributed by atoms with E-state index in [1.165, 1.54) is 37.1 Å². The van der Waals surface area contributed by atoms with Crippen LogP contribution in [0.5, 0.6) is 0 Å². The summed E-state index contributed by atoms with van der Waals surface area (Å²) in [5.41, 5.74) is 6.68. The van der Waals surface area contributed by atoms with Crippen LogP contribution >= 0.6 is 0 Å². The number of hydrogen-bond acceptors (Lipinski definition) is 4. The molecule has 1 aliphatic rings. The number of likely N-dealkylation sites (tertiary alicyclic amines) is 1. The van der Waals surface area contributed by atoms with Gasteiger partial charge in [-0.3, -0.25) is 9.59 Å². The first-order valence-corrected chi connectivity index (χ1v) is 9.01. The maximum absolute atomic E-state index is 14.4. The molecule has 2 aromatic carbocycles. The molecular weight excluding hydrogens is 347 g/mol. The molecule has 1 fully saturated rings. The van der Waals surface area contributed by atoms with Crippen molar-refractivity contribution in [1.82, 2.24) is 4.90 Å². The van der Waals surface area contributed by atoms with Crippen molar-refractivity contribution in [1.29, 1.82) is 0 Å². The van der Waals surface area contributed by atoms with Gasteiger partial charge >= 0.3 is 0 Å². The average molecular weight is 370 g/mol. The van der Waals surface area contributed by atoms with E-state index >= 15 is 0 Å². The minimum absolute atomic E-state index is 0.0632. The number of benzene rings is 2. The van der Waals surface area contributed by atoms with Crippen molar-refractivity contribution in [2.75, 3.05) is 35.8 Å². The molecule has 6 nitrogen and oxygen atoms in total. The summed E-state index contributed by atoms with van der Waals surface area (Å²) in [4.78, 5) is 26.8. The van der Waals surface area contributed by atoms with Crippen LogP contribution in [0.15, 0.2) is 48.5 Å². The molecule has 0 aliphatic carbocycles. The quantitative estimate of drug-likeness (QED) is 0.604.